The molecule has 2 N–H and O–H groups in total. The van der Waals surface area contributed by atoms with Crippen LogP contribution in [0.3, 0.4) is 0 Å². The number of rotatable bonds is 1. The Kier molecular flexibility index (Phi) is 23.4. The van der Waals surface area contributed by atoms with Crippen molar-refractivity contribution >= 4 is 16.6 Å². The molecule has 11 heteroatoms. The van der Waals surface area contributed by atoms with E-state index in [1.54, 1.807) is 0 Å². The Balaban J connectivity index is -0.0000000483. The number of hydrogen-bond donors (Lipinski definition) is 2. The average Bonchev–Trinajstić information content (AvgIpc) is 1.63. The predicted molar refractivity (Wildman–Crippen MR) is 21.4 cm³/mol. The summed E-state index contributed by atoms with van der Waals surface area (Å²) in [6, 6.07) is 0. The molecule has 12 heavy (non-hydrogen) atoms. The van der Waals surface area contributed by atoms with Gasteiger partial charge in [0.25, 0.3) is 0 Å². The Morgan fingerprint density at radius 1 is 1.33 bits per heavy atom. The van der Waals surface area contributed by atoms with Gasteiger partial charge in [-0.3, -0.25) is 0 Å². The maximum atomic E-state index is 8.97. The molecular weight excluding hydrogens is 218 g/mol. The number of hydrogen-bond acceptors (Lipinski definition) is 7. The first-order valence-corrected chi connectivity index (χ1v) is 2.81. The van der Waals surface area contributed by atoms with Gasteiger partial charge < -0.3 is 19.6 Å². The van der Waals surface area contributed by atoms with E-state index in [1.807, 2.05) is 0 Å². The molecule has 0 spiro atoms. The van der Waals surface area contributed by atoms with Gasteiger partial charge in [0.2, 0.25) is 16.6 Å². The molecule has 0 aliphatic heterocycles. The van der Waals surface area contributed by atoms with Gasteiger partial charge in [-0.25, -0.2) is 13.7 Å². The third kappa shape index (κ3) is 67.4. The molecule has 0 saturated heterocycles. The van der Waals surface area contributed by atoms with Crippen LogP contribution in [-0.4, -0.2) is 29.5 Å². The van der Waals surface area contributed by atoms with Crippen molar-refractivity contribution < 1.29 is 96.7 Å². The van der Waals surface area contributed by atoms with Gasteiger partial charge in [-0.2, -0.15) is 0 Å². The van der Waals surface area contributed by atoms with Crippen molar-refractivity contribution in [2.45, 2.75) is 0 Å². The minimum Gasteiger partial charge on any atom is -0.724 e. The monoisotopic (exact) mass is 220 g/mol. The van der Waals surface area contributed by atoms with Crippen molar-refractivity contribution in [1.29, 1.82) is 0 Å². The van der Waals surface area contributed by atoms with Gasteiger partial charge in [-0.05, 0) is 0 Å². The summed E-state index contributed by atoms with van der Waals surface area (Å²) in [4.78, 5) is 8.44. The Bertz CT molecular complexity index is 179. The smallest absolute Gasteiger partial charge is 0.724 e. The second kappa shape index (κ2) is 12.1. The van der Waals surface area contributed by atoms with E-state index in [0.29, 0.717) is 0 Å². The van der Waals surface area contributed by atoms with Gasteiger partial charge in [-0.15, -0.1) is 4.33 Å². The Labute approximate surface area is 112 Å². The fourth-order valence-corrected chi connectivity index (χ4v) is 0. The van der Waals surface area contributed by atoms with Crippen LogP contribution >= 0.6 is 0 Å². The van der Waals surface area contributed by atoms with Crippen molar-refractivity contribution in [3.05, 3.63) is 0 Å². The van der Waals surface area contributed by atoms with Crippen LogP contribution in [0.1, 0.15) is 0 Å². The van der Waals surface area contributed by atoms with Gasteiger partial charge in [0, 0.05) is 0 Å². The van der Waals surface area contributed by atoms with Crippen LogP contribution in [0.15, 0.2) is 0 Å². The molecule has 0 saturated carbocycles. The van der Waals surface area contributed by atoms with Crippen LogP contribution in [0, 0.1) is 0 Å². The van der Waals surface area contributed by atoms with Gasteiger partial charge in [0.1, 0.15) is 0 Å². The maximum Gasteiger partial charge on any atom is 1.00 e. The molecule has 62 valence electrons. The quantitative estimate of drug-likeness (QED) is 0.145. The first-order chi connectivity index (χ1) is 4.29. The molecule has 0 aromatic rings. The van der Waals surface area contributed by atoms with Gasteiger partial charge in [0.05, 0.1) is 0 Å². The van der Waals surface area contributed by atoms with Crippen molar-refractivity contribution in [3.63, 3.8) is 0 Å². The van der Waals surface area contributed by atoms with E-state index < -0.39 is 16.6 Å². The predicted octanol–water partition coefficient (Wildman–Crippen LogP) is -8.17. The van der Waals surface area contributed by atoms with E-state index in [2.05, 4.69) is 4.33 Å². The fourth-order valence-electron chi connectivity index (χ4n) is 0. The molecule has 0 unspecified atom stereocenters. The van der Waals surface area contributed by atoms with Gasteiger partial charge in [0.15, 0.2) is 0 Å². The second-order valence-corrected chi connectivity index (χ2v) is 1.71. The minimum atomic E-state index is -4.86. The van der Waals surface area contributed by atoms with Crippen molar-refractivity contribution in [2.75, 3.05) is 0 Å². The number of carbonyl (C=O) groups is 1. The fraction of sp³-hybridized carbons (Fsp3) is 0. The minimum absolute atomic E-state index is 0. The first kappa shape index (κ1) is 23.2. The first-order valence-electron chi connectivity index (χ1n) is 1.48. The molecule has 0 aromatic heterocycles. The van der Waals surface area contributed by atoms with Gasteiger partial charge >= 0.3 is 59.1 Å². The van der Waals surface area contributed by atoms with Crippen LogP contribution in [0.5, 0.6) is 0 Å². The summed E-state index contributed by atoms with van der Waals surface area (Å²) < 4.78 is 29.3. The summed E-state index contributed by atoms with van der Waals surface area (Å²) in [6.45, 7) is 0. The molecule has 0 amide bonds. The summed E-state index contributed by atoms with van der Waals surface area (Å²) in [7, 11) is -4.86. The van der Waals surface area contributed by atoms with Gasteiger partial charge in [-0.1, -0.05) is 0 Å². The largest absolute Gasteiger partial charge is 1.00 e. The maximum absolute atomic E-state index is 8.97. The van der Waals surface area contributed by atoms with E-state index >= 15 is 0 Å². The van der Waals surface area contributed by atoms with E-state index in [9.17, 15) is 0 Å². The van der Waals surface area contributed by atoms with E-state index in [1.165, 1.54) is 0 Å². The summed E-state index contributed by atoms with van der Waals surface area (Å²) >= 11 is 0. The zero-order valence-electron chi connectivity index (χ0n) is 6.25. The third-order valence-electron chi connectivity index (χ3n) is 0.0913. The van der Waals surface area contributed by atoms with Crippen LogP contribution in [0.4, 0.5) is 4.79 Å². The average molecular weight is 220 g/mol. The molecule has 0 fully saturated rings. The molecule has 0 rings (SSSR count). The molecule has 0 aromatic carbocycles. The topological polar surface area (TPSA) is 147 Å². The summed E-state index contributed by atoms with van der Waals surface area (Å²) in [5, 5.41) is 22.3. The summed E-state index contributed by atoms with van der Waals surface area (Å²) in [5.74, 6) is 0. The number of carboxylic acid groups (broad SMARTS) is 2. The van der Waals surface area contributed by atoms with Crippen molar-refractivity contribution in [2.24, 2.45) is 0 Å². The van der Waals surface area contributed by atoms with E-state index in [4.69, 9.17) is 33.2 Å². The van der Waals surface area contributed by atoms with Crippen molar-refractivity contribution in [1.82, 2.24) is 0 Å². The normalized spacial score (nSPS) is 7.83. The second-order valence-electron chi connectivity index (χ2n) is 0.749. The van der Waals surface area contributed by atoms with Crippen LogP contribution in [0.25, 0.3) is 0 Å². The Morgan fingerprint density at radius 2 is 1.42 bits per heavy atom. The van der Waals surface area contributed by atoms with Crippen molar-refractivity contribution in [3.8, 4) is 0 Å². The Morgan fingerprint density at radius 3 is 1.42 bits per heavy atom. The summed E-state index contributed by atoms with van der Waals surface area (Å²) in [5.41, 5.74) is 0. The van der Waals surface area contributed by atoms with Crippen LogP contribution < -0.4 is 64.2 Å². The SMILES string of the molecule is O=C([O-])O.O=S(=O)([O-])OO.[Na+].[Na+]. The third-order valence-corrected chi connectivity index (χ3v) is 0.274. The molecule has 0 atom stereocenters. The molecule has 0 bridgehead atoms. The molecule has 0 radical (unpaired) electrons. The molecule has 0 heterocycles. The van der Waals surface area contributed by atoms with E-state index in [0.717, 1.165) is 0 Å². The zero-order valence-corrected chi connectivity index (χ0v) is 11.1. The van der Waals surface area contributed by atoms with Crippen LogP contribution in [0.2, 0.25) is 0 Å². The Hall–Kier alpha value is 1.10. The molecule has 8 nitrogen and oxygen atoms in total. The molecular formula is CH2Na2O8S. The standard InChI is InChI=1S/CH2O3.2Na.H2O5S/c2-1(3)4;;;1-5-6(2,3)4/h(H2,2,3,4);;;1H,(H,2,3,4)/q;2*+1;/p-2. The van der Waals surface area contributed by atoms with Crippen LogP contribution in [-0.2, 0) is 14.7 Å². The molecule has 0 aliphatic carbocycles. The zero-order chi connectivity index (χ0) is 8.78. The van der Waals surface area contributed by atoms with E-state index in [-0.39, 0.29) is 59.1 Å². The summed E-state index contributed by atoms with van der Waals surface area (Å²) in [6.07, 6.45) is -2.08. The molecule has 0 aliphatic rings.